The molecular formula is C23H22ClNO2. The maximum Gasteiger partial charge on any atom is 0.254 e. The first kappa shape index (κ1) is 19.0. The Labute approximate surface area is 165 Å². The molecule has 3 aromatic carbocycles. The smallest absolute Gasteiger partial charge is 0.254 e. The fraction of sp³-hybridized carbons (Fsp3) is 0.174. The molecule has 138 valence electrons. The molecule has 3 rings (SSSR count). The van der Waals surface area contributed by atoms with Crippen molar-refractivity contribution in [2.45, 2.75) is 26.4 Å². The first-order chi connectivity index (χ1) is 13.0. The molecule has 0 aliphatic rings. The third-order valence-corrected chi connectivity index (χ3v) is 4.46. The number of hydrogen-bond donors (Lipinski definition) is 0. The summed E-state index contributed by atoms with van der Waals surface area (Å²) in [5, 5.41) is 0.619. The summed E-state index contributed by atoms with van der Waals surface area (Å²) in [6.45, 7) is 4.53. The lowest BCUT2D eigenvalue weighted by Gasteiger charge is -2.27. The van der Waals surface area contributed by atoms with Gasteiger partial charge in [0.1, 0.15) is 11.5 Å². The summed E-state index contributed by atoms with van der Waals surface area (Å²) in [6.07, 6.45) is 0. The summed E-state index contributed by atoms with van der Waals surface area (Å²) in [6, 6.07) is 24.5. The van der Waals surface area contributed by atoms with E-state index in [-0.39, 0.29) is 11.9 Å². The van der Waals surface area contributed by atoms with Gasteiger partial charge in [-0.15, -0.1) is 0 Å². The fourth-order valence-corrected chi connectivity index (χ4v) is 2.90. The van der Waals surface area contributed by atoms with E-state index in [1.54, 1.807) is 24.3 Å². The van der Waals surface area contributed by atoms with Gasteiger partial charge in [0.2, 0.25) is 0 Å². The Hall–Kier alpha value is -2.78. The van der Waals surface area contributed by atoms with Crippen molar-refractivity contribution in [2.75, 3.05) is 0 Å². The van der Waals surface area contributed by atoms with Crippen LogP contribution in [0, 0.1) is 0 Å². The fourth-order valence-electron chi connectivity index (χ4n) is 2.78. The van der Waals surface area contributed by atoms with Gasteiger partial charge in [-0.25, -0.2) is 0 Å². The van der Waals surface area contributed by atoms with E-state index in [9.17, 15) is 4.79 Å². The Morgan fingerprint density at radius 3 is 2.26 bits per heavy atom. The van der Waals surface area contributed by atoms with Crippen LogP contribution in [-0.2, 0) is 6.54 Å². The van der Waals surface area contributed by atoms with E-state index in [2.05, 4.69) is 0 Å². The topological polar surface area (TPSA) is 29.5 Å². The lowest BCUT2D eigenvalue weighted by molar-refractivity contribution is 0.0690. The first-order valence-electron chi connectivity index (χ1n) is 8.91. The van der Waals surface area contributed by atoms with Crippen molar-refractivity contribution in [2.24, 2.45) is 0 Å². The molecule has 0 saturated heterocycles. The van der Waals surface area contributed by atoms with Crippen LogP contribution < -0.4 is 4.74 Å². The molecule has 0 aromatic heterocycles. The molecule has 0 aliphatic heterocycles. The predicted molar refractivity (Wildman–Crippen MR) is 109 cm³/mol. The number of amides is 1. The van der Waals surface area contributed by atoms with Gasteiger partial charge in [-0.2, -0.15) is 0 Å². The number of carbonyl (C=O) groups is 1. The standard InChI is InChI=1S/C23H22ClNO2/c1-17(2)25(23(26)19-11-13-20(24)14-12-19)16-18-7-6-10-22(15-18)27-21-8-4-3-5-9-21/h3-15,17H,16H2,1-2H3. The third kappa shape index (κ3) is 5.11. The Morgan fingerprint density at radius 1 is 0.926 bits per heavy atom. The van der Waals surface area contributed by atoms with E-state index in [1.807, 2.05) is 73.3 Å². The molecule has 0 heterocycles. The summed E-state index contributed by atoms with van der Waals surface area (Å²) < 4.78 is 5.90. The maximum atomic E-state index is 12.9. The van der Waals surface area contributed by atoms with Crippen molar-refractivity contribution in [1.82, 2.24) is 4.90 Å². The second-order valence-electron chi connectivity index (χ2n) is 6.60. The number of benzene rings is 3. The van der Waals surface area contributed by atoms with Gasteiger partial charge in [0.15, 0.2) is 0 Å². The highest BCUT2D eigenvalue weighted by Gasteiger charge is 2.19. The zero-order valence-corrected chi connectivity index (χ0v) is 16.2. The highest BCUT2D eigenvalue weighted by atomic mass is 35.5. The van der Waals surface area contributed by atoms with E-state index in [0.29, 0.717) is 17.1 Å². The number of rotatable bonds is 6. The van der Waals surface area contributed by atoms with Crippen molar-refractivity contribution >= 4 is 17.5 Å². The van der Waals surface area contributed by atoms with Crippen molar-refractivity contribution < 1.29 is 9.53 Å². The lowest BCUT2D eigenvalue weighted by Crippen LogP contribution is -2.36. The van der Waals surface area contributed by atoms with Crippen molar-refractivity contribution in [3.8, 4) is 11.5 Å². The van der Waals surface area contributed by atoms with Crippen molar-refractivity contribution in [3.05, 3.63) is 95.0 Å². The molecule has 0 aliphatic carbocycles. The van der Waals surface area contributed by atoms with Crippen LogP contribution in [0.25, 0.3) is 0 Å². The minimum atomic E-state index is -0.0175. The minimum absolute atomic E-state index is 0.0175. The number of halogens is 1. The molecule has 0 radical (unpaired) electrons. The van der Waals surface area contributed by atoms with Gasteiger partial charge >= 0.3 is 0 Å². The highest BCUT2D eigenvalue weighted by molar-refractivity contribution is 6.30. The largest absolute Gasteiger partial charge is 0.457 e. The molecule has 4 heteroatoms. The van der Waals surface area contributed by atoms with E-state index in [4.69, 9.17) is 16.3 Å². The quantitative estimate of drug-likeness (QED) is 0.511. The van der Waals surface area contributed by atoms with Gasteiger partial charge in [-0.1, -0.05) is 41.9 Å². The Morgan fingerprint density at radius 2 is 1.59 bits per heavy atom. The van der Waals surface area contributed by atoms with Crippen molar-refractivity contribution in [3.63, 3.8) is 0 Å². The third-order valence-electron chi connectivity index (χ3n) is 4.21. The second-order valence-corrected chi connectivity index (χ2v) is 7.03. The molecule has 0 fully saturated rings. The number of ether oxygens (including phenoxy) is 1. The Kier molecular flexibility index (Phi) is 6.15. The van der Waals surface area contributed by atoms with Gasteiger partial charge in [-0.3, -0.25) is 4.79 Å². The van der Waals surface area contributed by atoms with Crippen LogP contribution in [-0.4, -0.2) is 16.8 Å². The summed E-state index contributed by atoms with van der Waals surface area (Å²) >= 11 is 5.93. The van der Waals surface area contributed by atoms with Crippen molar-refractivity contribution in [1.29, 1.82) is 0 Å². The zero-order valence-electron chi connectivity index (χ0n) is 15.4. The first-order valence-corrected chi connectivity index (χ1v) is 9.29. The molecule has 0 bridgehead atoms. The molecule has 0 unspecified atom stereocenters. The van der Waals surface area contributed by atoms with Gasteiger partial charge in [-0.05, 0) is 67.9 Å². The monoisotopic (exact) mass is 379 g/mol. The van der Waals surface area contributed by atoms with E-state index < -0.39 is 0 Å². The summed E-state index contributed by atoms with van der Waals surface area (Å²) in [7, 11) is 0. The molecule has 3 nitrogen and oxygen atoms in total. The normalized spacial score (nSPS) is 10.7. The maximum absolute atomic E-state index is 12.9. The van der Waals surface area contributed by atoms with Crippen LogP contribution in [0.3, 0.4) is 0 Å². The Bertz CT molecular complexity index is 892. The lowest BCUT2D eigenvalue weighted by atomic mass is 10.1. The molecule has 27 heavy (non-hydrogen) atoms. The highest BCUT2D eigenvalue weighted by Crippen LogP contribution is 2.23. The van der Waals surface area contributed by atoms with Gasteiger partial charge in [0.25, 0.3) is 5.91 Å². The number of carbonyl (C=O) groups excluding carboxylic acids is 1. The van der Waals surface area contributed by atoms with Crippen LogP contribution >= 0.6 is 11.6 Å². The SMILES string of the molecule is CC(C)N(Cc1cccc(Oc2ccccc2)c1)C(=O)c1ccc(Cl)cc1. The van der Waals surface area contributed by atoms with Crippen LogP contribution in [0.15, 0.2) is 78.9 Å². The van der Waals surface area contributed by atoms with Crippen LogP contribution in [0.5, 0.6) is 11.5 Å². The van der Waals surface area contributed by atoms with Crippen LogP contribution in [0.4, 0.5) is 0 Å². The molecular weight excluding hydrogens is 358 g/mol. The molecule has 0 N–H and O–H groups in total. The van der Waals surface area contributed by atoms with E-state index >= 15 is 0 Å². The molecule has 0 spiro atoms. The number of para-hydroxylation sites is 1. The summed E-state index contributed by atoms with van der Waals surface area (Å²) in [5.74, 6) is 1.52. The molecule has 3 aromatic rings. The number of nitrogens with zero attached hydrogens (tertiary/aromatic N) is 1. The van der Waals surface area contributed by atoms with Gasteiger partial charge in [0, 0.05) is 23.2 Å². The van der Waals surface area contributed by atoms with Crippen LogP contribution in [0.2, 0.25) is 5.02 Å². The average Bonchev–Trinajstić information content (AvgIpc) is 2.67. The van der Waals surface area contributed by atoms with E-state index in [1.165, 1.54) is 0 Å². The van der Waals surface area contributed by atoms with E-state index in [0.717, 1.165) is 17.1 Å². The molecule has 0 saturated carbocycles. The zero-order chi connectivity index (χ0) is 19.2. The van der Waals surface area contributed by atoms with Gasteiger partial charge < -0.3 is 9.64 Å². The van der Waals surface area contributed by atoms with Gasteiger partial charge in [0.05, 0.1) is 0 Å². The van der Waals surface area contributed by atoms with Crippen LogP contribution in [0.1, 0.15) is 29.8 Å². The summed E-state index contributed by atoms with van der Waals surface area (Å²) in [4.78, 5) is 14.8. The summed E-state index contributed by atoms with van der Waals surface area (Å²) in [5.41, 5.74) is 1.64. The molecule has 0 atom stereocenters. The molecule has 1 amide bonds. The number of hydrogen-bond acceptors (Lipinski definition) is 2. The minimum Gasteiger partial charge on any atom is -0.457 e. The second kappa shape index (κ2) is 8.74. The Balaban J connectivity index is 1.77. The predicted octanol–water partition coefficient (Wildman–Crippen LogP) is 6.18. The average molecular weight is 380 g/mol.